The molecule has 0 saturated carbocycles. The minimum Gasteiger partial charge on any atom is -0.394 e. The van der Waals surface area contributed by atoms with Gasteiger partial charge >= 0.3 is 0 Å². The molecule has 0 aliphatic carbocycles. The monoisotopic (exact) mass is 260 g/mol. The van der Waals surface area contributed by atoms with Gasteiger partial charge in [-0.25, -0.2) is 13.1 Å². The van der Waals surface area contributed by atoms with E-state index in [-0.39, 0.29) is 17.1 Å². The highest BCUT2D eigenvalue weighted by Gasteiger charge is 2.28. The van der Waals surface area contributed by atoms with Crippen molar-refractivity contribution in [3.63, 3.8) is 0 Å². The SMILES string of the molecule is CCC(C)(CO)NS(=O)(=O)c1ccc(=O)[nH]c1. The minimum absolute atomic E-state index is 0.0368. The average molecular weight is 260 g/mol. The molecule has 1 aromatic rings. The first-order valence-electron chi connectivity index (χ1n) is 5.16. The lowest BCUT2D eigenvalue weighted by molar-refractivity contribution is 0.191. The van der Waals surface area contributed by atoms with E-state index in [0.717, 1.165) is 12.3 Å². The van der Waals surface area contributed by atoms with E-state index in [0.29, 0.717) is 6.42 Å². The second-order valence-electron chi connectivity index (χ2n) is 4.07. The predicted molar refractivity (Wildman–Crippen MR) is 63.2 cm³/mol. The fourth-order valence-corrected chi connectivity index (χ4v) is 2.60. The van der Waals surface area contributed by atoms with Gasteiger partial charge in [0, 0.05) is 12.3 Å². The number of hydrogen-bond donors (Lipinski definition) is 3. The highest BCUT2D eigenvalue weighted by Crippen LogP contribution is 2.14. The van der Waals surface area contributed by atoms with Crippen molar-refractivity contribution in [2.45, 2.75) is 30.7 Å². The molecule has 1 atom stereocenters. The Kier molecular flexibility index (Phi) is 4.07. The van der Waals surface area contributed by atoms with E-state index in [4.69, 9.17) is 5.11 Å². The second kappa shape index (κ2) is 4.99. The summed E-state index contributed by atoms with van der Waals surface area (Å²) in [6.07, 6.45) is 1.57. The van der Waals surface area contributed by atoms with Crippen LogP contribution in [0.15, 0.2) is 28.0 Å². The van der Waals surface area contributed by atoms with Crippen molar-refractivity contribution < 1.29 is 13.5 Å². The van der Waals surface area contributed by atoms with E-state index in [1.54, 1.807) is 13.8 Å². The van der Waals surface area contributed by atoms with Crippen molar-refractivity contribution in [2.75, 3.05) is 6.61 Å². The van der Waals surface area contributed by atoms with Gasteiger partial charge in [-0.15, -0.1) is 0 Å². The maximum atomic E-state index is 11.9. The Morgan fingerprint density at radius 1 is 1.47 bits per heavy atom. The van der Waals surface area contributed by atoms with Crippen LogP contribution in [-0.2, 0) is 10.0 Å². The van der Waals surface area contributed by atoms with Crippen LogP contribution >= 0.6 is 0 Å². The van der Waals surface area contributed by atoms with Gasteiger partial charge in [0.15, 0.2) is 0 Å². The molecule has 0 amide bonds. The van der Waals surface area contributed by atoms with Crippen LogP contribution in [0.1, 0.15) is 20.3 Å². The number of rotatable bonds is 5. The Hall–Kier alpha value is -1.18. The van der Waals surface area contributed by atoms with Crippen molar-refractivity contribution in [3.05, 3.63) is 28.7 Å². The first-order chi connectivity index (χ1) is 7.83. The van der Waals surface area contributed by atoms with Crippen molar-refractivity contribution >= 4 is 10.0 Å². The van der Waals surface area contributed by atoms with Crippen LogP contribution in [0.5, 0.6) is 0 Å². The normalized spacial score (nSPS) is 15.5. The van der Waals surface area contributed by atoms with Crippen molar-refractivity contribution in [3.8, 4) is 0 Å². The molecular weight excluding hydrogens is 244 g/mol. The molecule has 0 saturated heterocycles. The summed E-state index contributed by atoms with van der Waals surface area (Å²) in [6.45, 7) is 3.08. The summed E-state index contributed by atoms with van der Waals surface area (Å²) < 4.78 is 26.3. The largest absolute Gasteiger partial charge is 0.394 e. The van der Waals surface area contributed by atoms with Crippen molar-refractivity contribution in [2.24, 2.45) is 0 Å². The molecule has 0 aliphatic rings. The molecular formula is C10H16N2O4S. The average Bonchev–Trinajstić information content (AvgIpc) is 2.29. The molecule has 6 nitrogen and oxygen atoms in total. The number of aromatic nitrogens is 1. The summed E-state index contributed by atoms with van der Waals surface area (Å²) in [5, 5.41) is 9.15. The van der Waals surface area contributed by atoms with Gasteiger partial charge in [-0.2, -0.15) is 0 Å². The lowest BCUT2D eigenvalue weighted by Gasteiger charge is -2.26. The number of H-pyrrole nitrogens is 1. The summed E-state index contributed by atoms with van der Waals surface area (Å²) in [5.41, 5.74) is -1.28. The Morgan fingerprint density at radius 2 is 2.12 bits per heavy atom. The van der Waals surface area contributed by atoms with E-state index in [1.807, 2.05) is 0 Å². The molecule has 0 aromatic carbocycles. The molecule has 96 valence electrons. The lowest BCUT2D eigenvalue weighted by atomic mass is 10.0. The van der Waals surface area contributed by atoms with E-state index in [9.17, 15) is 13.2 Å². The van der Waals surface area contributed by atoms with Gasteiger partial charge < -0.3 is 10.1 Å². The fourth-order valence-electron chi connectivity index (χ4n) is 1.16. The molecule has 0 aliphatic heterocycles. The first-order valence-corrected chi connectivity index (χ1v) is 6.65. The molecule has 0 fully saturated rings. The van der Waals surface area contributed by atoms with Gasteiger partial charge in [0.1, 0.15) is 0 Å². The maximum Gasteiger partial charge on any atom is 0.247 e. The van der Waals surface area contributed by atoms with Crippen LogP contribution in [-0.4, -0.2) is 30.7 Å². The Bertz CT molecular complexity index is 511. The molecule has 3 N–H and O–H groups in total. The van der Waals surface area contributed by atoms with Gasteiger partial charge in [0.2, 0.25) is 15.6 Å². The topological polar surface area (TPSA) is 99.3 Å². The fraction of sp³-hybridized carbons (Fsp3) is 0.500. The van der Waals surface area contributed by atoms with Crippen LogP contribution in [0.25, 0.3) is 0 Å². The zero-order valence-electron chi connectivity index (χ0n) is 9.73. The van der Waals surface area contributed by atoms with Crippen molar-refractivity contribution in [1.82, 2.24) is 9.71 Å². The molecule has 0 spiro atoms. The van der Waals surface area contributed by atoms with Crippen LogP contribution < -0.4 is 10.3 Å². The van der Waals surface area contributed by atoms with Crippen LogP contribution in [0.2, 0.25) is 0 Å². The number of aliphatic hydroxyl groups is 1. The van der Waals surface area contributed by atoms with Crippen LogP contribution in [0.4, 0.5) is 0 Å². The number of aromatic amines is 1. The molecule has 1 unspecified atom stereocenters. The molecule has 1 aromatic heterocycles. The van der Waals surface area contributed by atoms with Gasteiger partial charge in [-0.3, -0.25) is 4.79 Å². The quantitative estimate of drug-likeness (QED) is 0.683. The summed E-state index contributed by atoms with van der Waals surface area (Å²) in [4.78, 5) is 13.1. The third-order valence-electron chi connectivity index (χ3n) is 2.58. The predicted octanol–water partition coefficient (Wildman–Crippen LogP) is -0.186. The Morgan fingerprint density at radius 3 is 2.53 bits per heavy atom. The second-order valence-corrected chi connectivity index (χ2v) is 5.75. The van der Waals surface area contributed by atoms with Gasteiger partial charge in [-0.05, 0) is 19.4 Å². The number of sulfonamides is 1. The Balaban J connectivity index is 3.04. The van der Waals surface area contributed by atoms with Crippen LogP contribution in [0.3, 0.4) is 0 Å². The summed E-state index contributed by atoms with van der Waals surface area (Å²) >= 11 is 0. The third-order valence-corrected chi connectivity index (χ3v) is 4.21. The standard InChI is InChI=1S/C10H16N2O4S/c1-3-10(2,7-13)12-17(15,16)8-4-5-9(14)11-6-8/h4-6,12-13H,3,7H2,1-2H3,(H,11,14). The highest BCUT2D eigenvalue weighted by molar-refractivity contribution is 7.89. The van der Waals surface area contributed by atoms with Gasteiger partial charge in [0.05, 0.1) is 17.0 Å². The van der Waals surface area contributed by atoms with Gasteiger partial charge in [0.25, 0.3) is 0 Å². The van der Waals surface area contributed by atoms with E-state index < -0.39 is 15.6 Å². The molecule has 0 bridgehead atoms. The third kappa shape index (κ3) is 3.39. The smallest absolute Gasteiger partial charge is 0.247 e. The van der Waals surface area contributed by atoms with E-state index in [2.05, 4.69) is 9.71 Å². The van der Waals surface area contributed by atoms with Gasteiger partial charge in [-0.1, -0.05) is 6.92 Å². The molecule has 17 heavy (non-hydrogen) atoms. The van der Waals surface area contributed by atoms with Crippen LogP contribution in [0, 0.1) is 0 Å². The Labute approximate surface area is 99.7 Å². The zero-order valence-corrected chi connectivity index (χ0v) is 10.5. The first kappa shape index (κ1) is 13.9. The molecule has 7 heteroatoms. The highest BCUT2D eigenvalue weighted by atomic mass is 32.2. The number of pyridine rings is 1. The zero-order chi connectivity index (χ0) is 13.1. The van der Waals surface area contributed by atoms with E-state index in [1.165, 1.54) is 6.07 Å². The summed E-state index contributed by atoms with van der Waals surface area (Å²) in [5.74, 6) is 0. The number of aliphatic hydroxyl groups excluding tert-OH is 1. The minimum atomic E-state index is -3.74. The summed E-state index contributed by atoms with van der Waals surface area (Å²) in [7, 11) is -3.74. The summed E-state index contributed by atoms with van der Waals surface area (Å²) in [6, 6.07) is 2.35. The van der Waals surface area contributed by atoms with E-state index >= 15 is 0 Å². The molecule has 1 heterocycles. The lowest BCUT2D eigenvalue weighted by Crippen LogP contribution is -2.48. The number of hydrogen-bond acceptors (Lipinski definition) is 4. The molecule has 1 rings (SSSR count). The molecule has 0 radical (unpaired) electrons. The maximum absolute atomic E-state index is 11.9. The van der Waals surface area contributed by atoms with Crippen molar-refractivity contribution in [1.29, 1.82) is 0 Å². The number of nitrogens with one attached hydrogen (secondary N) is 2.